The SMILES string of the molecule is Cc1nc(CN2CCC(C(=O)N3C[C@H](C)O[C@@H](C)C3)CC2)oc1C. The zero-order chi connectivity index (χ0) is 17.3. The Morgan fingerprint density at radius 1 is 1.17 bits per heavy atom. The zero-order valence-corrected chi connectivity index (χ0v) is 15.2. The molecule has 2 fully saturated rings. The van der Waals surface area contributed by atoms with Gasteiger partial charge in [0.2, 0.25) is 11.8 Å². The van der Waals surface area contributed by atoms with Crippen LogP contribution in [0.15, 0.2) is 4.42 Å². The molecule has 1 aromatic rings. The van der Waals surface area contributed by atoms with Crippen molar-refractivity contribution in [1.29, 1.82) is 0 Å². The maximum atomic E-state index is 12.8. The molecule has 0 radical (unpaired) electrons. The second-order valence-corrected chi connectivity index (χ2v) is 7.30. The number of amides is 1. The van der Waals surface area contributed by atoms with Gasteiger partial charge in [0, 0.05) is 19.0 Å². The van der Waals surface area contributed by atoms with Gasteiger partial charge in [-0.05, 0) is 53.6 Å². The number of nitrogens with zero attached hydrogens (tertiary/aromatic N) is 3. The van der Waals surface area contributed by atoms with E-state index in [0.29, 0.717) is 5.91 Å². The maximum Gasteiger partial charge on any atom is 0.225 e. The Bertz CT molecular complexity index is 549. The van der Waals surface area contributed by atoms with Gasteiger partial charge < -0.3 is 14.1 Å². The number of ether oxygens (including phenoxy) is 1. The summed E-state index contributed by atoms with van der Waals surface area (Å²) in [6, 6.07) is 0. The van der Waals surface area contributed by atoms with Crippen molar-refractivity contribution in [3.05, 3.63) is 17.3 Å². The third-order valence-electron chi connectivity index (χ3n) is 5.10. The highest BCUT2D eigenvalue weighted by atomic mass is 16.5. The molecule has 3 heterocycles. The number of carbonyl (C=O) groups is 1. The summed E-state index contributed by atoms with van der Waals surface area (Å²) < 4.78 is 11.4. The van der Waals surface area contributed by atoms with Gasteiger partial charge in [0.05, 0.1) is 24.4 Å². The van der Waals surface area contributed by atoms with Crippen molar-refractivity contribution in [3.63, 3.8) is 0 Å². The van der Waals surface area contributed by atoms with E-state index in [1.807, 2.05) is 32.6 Å². The Morgan fingerprint density at radius 3 is 2.33 bits per heavy atom. The van der Waals surface area contributed by atoms with Crippen LogP contribution >= 0.6 is 0 Å². The lowest BCUT2D eigenvalue weighted by Crippen LogP contribution is -2.51. The van der Waals surface area contributed by atoms with E-state index in [9.17, 15) is 4.79 Å². The minimum Gasteiger partial charge on any atom is -0.444 e. The molecular formula is C18H29N3O3. The molecule has 2 atom stereocenters. The number of piperidine rings is 1. The van der Waals surface area contributed by atoms with Crippen molar-refractivity contribution in [2.75, 3.05) is 26.2 Å². The second-order valence-electron chi connectivity index (χ2n) is 7.30. The summed E-state index contributed by atoms with van der Waals surface area (Å²) in [6.07, 6.45) is 2.10. The fourth-order valence-electron chi connectivity index (χ4n) is 3.75. The number of aromatic nitrogens is 1. The fourth-order valence-corrected chi connectivity index (χ4v) is 3.75. The Labute approximate surface area is 144 Å². The van der Waals surface area contributed by atoms with Crippen LogP contribution in [0.2, 0.25) is 0 Å². The highest BCUT2D eigenvalue weighted by Gasteiger charge is 2.32. The molecule has 6 nitrogen and oxygen atoms in total. The topological polar surface area (TPSA) is 58.8 Å². The summed E-state index contributed by atoms with van der Waals surface area (Å²) in [5, 5.41) is 0. The summed E-state index contributed by atoms with van der Waals surface area (Å²) in [7, 11) is 0. The lowest BCUT2D eigenvalue weighted by molar-refractivity contribution is -0.148. The molecule has 3 rings (SSSR count). The molecular weight excluding hydrogens is 306 g/mol. The molecule has 6 heteroatoms. The van der Waals surface area contributed by atoms with E-state index >= 15 is 0 Å². The third-order valence-corrected chi connectivity index (χ3v) is 5.10. The van der Waals surface area contributed by atoms with Crippen molar-refractivity contribution >= 4 is 5.91 Å². The molecule has 0 saturated carbocycles. The van der Waals surface area contributed by atoms with Crippen LogP contribution in [0, 0.1) is 19.8 Å². The third kappa shape index (κ3) is 3.98. The van der Waals surface area contributed by atoms with Gasteiger partial charge in [-0.2, -0.15) is 0 Å². The van der Waals surface area contributed by atoms with Gasteiger partial charge >= 0.3 is 0 Å². The lowest BCUT2D eigenvalue weighted by atomic mass is 9.94. The van der Waals surface area contributed by atoms with Gasteiger partial charge in [-0.1, -0.05) is 0 Å². The van der Waals surface area contributed by atoms with Crippen LogP contribution in [0.3, 0.4) is 0 Å². The molecule has 0 N–H and O–H groups in total. The maximum absolute atomic E-state index is 12.8. The second kappa shape index (κ2) is 7.23. The van der Waals surface area contributed by atoms with Crippen LogP contribution in [0.1, 0.15) is 44.0 Å². The molecule has 0 bridgehead atoms. The van der Waals surface area contributed by atoms with E-state index in [1.165, 1.54) is 0 Å². The monoisotopic (exact) mass is 335 g/mol. The van der Waals surface area contributed by atoms with Crippen LogP contribution < -0.4 is 0 Å². The first kappa shape index (κ1) is 17.4. The number of oxazole rings is 1. The molecule has 134 valence electrons. The van der Waals surface area contributed by atoms with Crippen LogP contribution in [0.25, 0.3) is 0 Å². The lowest BCUT2D eigenvalue weighted by Gasteiger charge is -2.39. The van der Waals surface area contributed by atoms with Gasteiger partial charge in [-0.25, -0.2) is 4.98 Å². The van der Waals surface area contributed by atoms with Gasteiger partial charge in [0.15, 0.2) is 0 Å². The zero-order valence-electron chi connectivity index (χ0n) is 15.2. The highest BCUT2D eigenvalue weighted by Crippen LogP contribution is 2.23. The van der Waals surface area contributed by atoms with E-state index in [0.717, 1.165) is 62.9 Å². The Kier molecular flexibility index (Phi) is 5.25. The Hall–Kier alpha value is -1.40. The quantitative estimate of drug-likeness (QED) is 0.847. The highest BCUT2D eigenvalue weighted by molar-refractivity contribution is 5.79. The molecule has 0 aromatic carbocycles. The van der Waals surface area contributed by atoms with Crippen molar-refractivity contribution in [2.24, 2.45) is 5.92 Å². The minimum atomic E-state index is 0.134. The molecule has 2 saturated heterocycles. The van der Waals surface area contributed by atoms with Crippen molar-refractivity contribution in [2.45, 2.75) is 59.3 Å². The molecule has 2 aliphatic heterocycles. The van der Waals surface area contributed by atoms with Gasteiger partial charge in [-0.3, -0.25) is 9.69 Å². The number of morpholine rings is 1. The number of aryl methyl sites for hydroxylation is 2. The Morgan fingerprint density at radius 2 is 1.79 bits per heavy atom. The summed E-state index contributed by atoms with van der Waals surface area (Å²) >= 11 is 0. The molecule has 0 aliphatic carbocycles. The first-order chi connectivity index (χ1) is 11.4. The van der Waals surface area contributed by atoms with Crippen molar-refractivity contribution in [3.8, 4) is 0 Å². The van der Waals surface area contributed by atoms with Crippen LogP contribution in [0.5, 0.6) is 0 Å². The number of rotatable bonds is 3. The average molecular weight is 335 g/mol. The van der Waals surface area contributed by atoms with E-state index in [-0.39, 0.29) is 18.1 Å². The molecule has 2 aliphatic rings. The van der Waals surface area contributed by atoms with Gasteiger partial charge in [-0.15, -0.1) is 0 Å². The van der Waals surface area contributed by atoms with Crippen LogP contribution in [-0.2, 0) is 16.1 Å². The normalized spacial score (nSPS) is 26.8. The number of carbonyl (C=O) groups excluding carboxylic acids is 1. The van der Waals surface area contributed by atoms with Crippen LogP contribution in [-0.4, -0.2) is 59.1 Å². The van der Waals surface area contributed by atoms with Gasteiger partial charge in [0.1, 0.15) is 5.76 Å². The smallest absolute Gasteiger partial charge is 0.225 e. The van der Waals surface area contributed by atoms with Crippen LogP contribution in [0.4, 0.5) is 0 Å². The van der Waals surface area contributed by atoms with Gasteiger partial charge in [0.25, 0.3) is 0 Å². The minimum absolute atomic E-state index is 0.134. The molecule has 24 heavy (non-hydrogen) atoms. The first-order valence-electron chi connectivity index (χ1n) is 9.02. The number of hydrogen-bond acceptors (Lipinski definition) is 5. The molecule has 1 aromatic heterocycles. The predicted molar refractivity (Wildman–Crippen MR) is 90.6 cm³/mol. The Balaban J connectivity index is 1.50. The van der Waals surface area contributed by atoms with E-state index in [2.05, 4.69) is 9.88 Å². The molecule has 0 unspecified atom stereocenters. The van der Waals surface area contributed by atoms with Crippen molar-refractivity contribution in [1.82, 2.24) is 14.8 Å². The molecule has 1 amide bonds. The standard InChI is InChI=1S/C18H29N3O3/c1-12-9-21(10-13(2)23-12)18(22)16-5-7-20(8-6-16)11-17-19-14(3)15(4)24-17/h12-13,16H,5-11H2,1-4H3/t12-,13-/m0/s1. The summed E-state index contributed by atoms with van der Waals surface area (Å²) in [4.78, 5) is 21.6. The number of likely N-dealkylation sites (tertiary alicyclic amines) is 1. The first-order valence-corrected chi connectivity index (χ1v) is 9.02. The number of hydrogen-bond donors (Lipinski definition) is 0. The van der Waals surface area contributed by atoms with E-state index < -0.39 is 0 Å². The summed E-state index contributed by atoms with van der Waals surface area (Å²) in [6.45, 7) is 12.0. The fraction of sp³-hybridized carbons (Fsp3) is 0.778. The summed E-state index contributed by atoms with van der Waals surface area (Å²) in [5.41, 5.74) is 0.964. The molecule has 0 spiro atoms. The largest absolute Gasteiger partial charge is 0.444 e. The predicted octanol–water partition coefficient (Wildman–Crippen LogP) is 2.14. The van der Waals surface area contributed by atoms with Crippen molar-refractivity contribution < 1.29 is 13.9 Å². The summed E-state index contributed by atoms with van der Waals surface area (Å²) in [5.74, 6) is 2.13. The average Bonchev–Trinajstić information content (AvgIpc) is 2.84. The van der Waals surface area contributed by atoms with E-state index in [4.69, 9.17) is 9.15 Å². The van der Waals surface area contributed by atoms with E-state index in [1.54, 1.807) is 0 Å².